The summed E-state index contributed by atoms with van der Waals surface area (Å²) in [4.78, 5) is 13.7. The average molecular weight is 311 g/mol. The van der Waals surface area contributed by atoms with E-state index in [4.69, 9.17) is 16.3 Å². The molecule has 4 nitrogen and oxygen atoms in total. The fraction of sp³-hybridized carbons (Fsp3) is 0.562. The van der Waals surface area contributed by atoms with Gasteiger partial charge in [-0.05, 0) is 31.0 Å². The second-order valence-corrected chi connectivity index (χ2v) is 5.92. The summed E-state index contributed by atoms with van der Waals surface area (Å²) in [7, 11) is 1.81. The summed E-state index contributed by atoms with van der Waals surface area (Å²) in [6.45, 7) is 1.45. The van der Waals surface area contributed by atoms with E-state index in [2.05, 4.69) is 5.32 Å². The van der Waals surface area contributed by atoms with Crippen LogP contribution in [0.5, 0.6) is 5.75 Å². The zero-order valence-corrected chi connectivity index (χ0v) is 13.2. The number of carbonyl (C=O) groups is 1. The SMILES string of the molecule is CN(CCOc1cccc(Cl)c1)C(=O)CNC1CCCC1. The normalized spacial score (nSPS) is 15.1. The number of nitrogens with zero attached hydrogens (tertiary/aromatic N) is 1. The van der Waals surface area contributed by atoms with Crippen molar-refractivity contribution in [3.8, 4) is 5.75 Å². The van der Waals surface area contributed by atoms with Crippen molar-refractivity contribution in [3.05, 3.63) is 29.3 Å². The Kier molecular flexibility index (Phi) is 6.33. The van der Waals surface area contributed by atoms with Crippen LogP contribution in [0.4, 0.5) is 0 Å². The van der Waals surface area contributed by atoms with Gasteiger partial charge >= 0.3 is 0 Å². The van der Waals surface area contributed by atoms with Gasteiger partial charge in [-0.1, -0.05) is 30.5 Å². The minimum Gasteiger partial charge on any atom is -0.492 e. The van der Waals surface area contributed by atoms with Crippen molar-refractivity contribution >= 4 is 17.5 Å². The third-order valence-corrected chi connectivity index (χ3v) is 4.05. The van der Waals surface area contributed by atoms with Crippen molar-refractivity contribution in [2.45, 2.75) is 31.7 Å². The van der Waals surface area contributed by atoms with Gasteiger partial charge in [0.1, 0.15) is 12.4 Å². The summed E-state index contributed by atoms with van der Waals surface area (Å²) < 4.78 is 5.59. The van der Waals surface area contributed by atoms with Gasteiger partial charge in [0.25, 0.3) is 0 Å². The van der Waals surface area contributed by atoms with Crippen LogP contribution >= 0.6 is 11.6 Å². The lowest BCUT2D eigenvalue weighted by Crippen LogP contribution is -2.40. The maximum absolute atomic E-state index is 12.0. The second kappa shape index (κ2) is 8.25. The molecule has 1 saturated carbocycles. The Morgan fingerprint density at radius 2 is 2.19 bits per heavy atom. The van der Waals surface area contributed by atoms with Crippen LogP contribution in [-0.2, 0) is 4.79 Å². The van der Waals surface area contributed by atoms with Gasteiger partial charge in [0.2, 0.25) is 5.91 Å². The predicted molar refractivity (Wildman–Crippen MR) is 84.8 cm³/mol. The van der Waals surface area contributed by atoms with E-state index in [-0.39, 0.29) is 5.91 Å². The largest absolute Gasteiger partial charge is 0.492 e. The molecule has 0 saturated heterocycles. The number of halogens is 1. The highest BCUT2D eigenvalue weighted by atomic mass is 35.5. The fourth-order valence-electron chi connectivity index (χ4n) is 2.48. The molecule has 0 aliphatic heterocycles. The second-order valence-electron chi connectivity index (χ2n) is 5.48. The number of likely N-dealkylation sites (N-methyl/N-ethyl adjacent to an activating group) is 1. The number of rotatable bonds is 7. The van der Waals surface area contributed by atoms with Gasteiger partial charge in [-0.15, -0.1) is 0 Å². The predicted octanol–water partition coefficient (Wildman–Crippen LogP) is 2.71. The van der Waals surface area contributed by atoms with Crippen molar-refractivity contribution in [3.63, 3.8) is 0 Å². The molecule has 1 aliphatic rings. The summed E-state index contributed by atoms with van der Waals surface area (Å²) in [5.41, 5.74) is 0. The van der Waals surface area contributed by atoms with Crippen LogP contribution in [0, 0.1) is 0 Å². The molecule has 1 fully saturated rings. The molecule has 0 atom stereocenters. The van der Waals surface area contributed by atoms with Crippen LogP contribution in [0.25, 0.3) is 0 Å². The van der Waals surface area contributed by atoms with Crippen molar-refractivity contribution < 1.29 is 9.53 Å². The lowest BCUT2D eigenvalue weighted by Gasteiger charge is -2.19. The van der Waals surface area contributed by atoms with Gasteiger partial charge in [0.15, 0.2) is 0 Å². The van der Waals surface area contributed by atoms with E-state index in [0.717, 1.165) is 5.75 Å². The Hall–Kier alpha value is -1.26. The van der Waals surface area contributed by atoms with Crippen LogP contribution in [-0.4, -0.2) is 43.6 Å². The average Bonchev–Trinajstić information content (AvgIpc) is 2.98. The third-order valence-electron chi connectivity index (χ3n) is 3.81. The van der Waals surface area contributed by atoms with Gasteiger partial charge < -0.3 is 15.0 Å². The number of ether oxygens (including phenoxy) is 1. The molecule has 1 aromatic rings. The molecule has 0 unspecified atom stereocenters. The Labute approximate surface area is 131 Å². The first-order valence-corrected chi connectivity index (χ1v) is 7.88. The van der Waals surface area contributed by atoms with Crippen LogP contribution < -0.4 is 10.1 Å². The topological polar surface area (TPSA) is 41.6 Å². The van der Waals surface area contributed by atoms with Crippen LogP contribution in [0.3, 0.4) is 0 Å². The van der Waals surface area contributed by atoms with E-state index in [0.29, 0.717) is 30.8 Å². The lowest BCUT2D eigenvalue weighted by atomic mass is 10.2. The van der Waals surface area contributed by atoms with Crippen molar-refractivity contribution in [2.24, 2.45) is 0 Å². The van der Waals surface area contributed by atoms with Crippen molar-refractivity contribution in [2.75, 3.05) is 26.7 Å². The molecule has 21 heavy (non-hydrogen) atoms. The summed E-state index contributed by atoms with van der Waals surface area (Å²) in [6, 6.07) is 7.79. The Bertz CT molecular complexity index is 461. The maximum atomic E-state index is 12.0. The molecule has 1 aliphatic carbocycles. The minimum absolute atomic E-state index is 0.108. The van der Waals surface area contributed by atoms with Crippen LogP contribution in [0.15, 0.2) is 24.3 Å². The van der Waals surface area contributed by atoms with E-state index in [1.54, 1.807) is 24.1 Å². The highest BCUT2D eigenvalue weighted by molar-refractivity contribution is 6.30. The number of amides is 1. The Morgan fingerprint density at radius 3 is 2.90 bits per heavy atom. The van der Waals surface area contributed by atoms with Gasteiger partial charge in [0.05, 0.1) is 13.1 Å². The first-order valence-electron chi connectivity index (χ1n) is 7.51. The lowest BCUT2D eigenvalue weighted by molar-refractivity contribution is -0.129. The monoisotopic (exact) mass is 310 g/mol. The smallest absolute Gasteiger partial charge is 0.236 e. The van der Waals surface area contributed by atoms with E-state index >= 15 is 0 Å². The molecule has 116 valence electrons. The van der Waals surface area contributed by atoms with E-state index in [9.17, 15) is 4.79 Å². The maximum Gasteiger partial charge on any atom is 0.236 e. The fourth-order valence-corrected chi connectivity index (χ4v) is 2.66. The molecule has 0 spiro atoms. The molecule has 0 aromatic heterocycles. The van der Waals surface area contributed by atoms with Gasteiger partial charge in [0, 0.05) is 18.1 Å². The summed E-state index contributed by atoms with van der Waals surface area (Å²) in [5, 5.41) is 3.98. The van der Waals surface area contributed by atoms with E-state index in [1.807, 2.05) is 12.1 Å². The van der Waals surface area contributed by atoms with Gasteiger partial charge in [-0.25, -0.2) is 0 Å². The van der Waals surface area contributed by atoms with Crippen LogP contribution in [0.1, 0.15) is 25.7 Å². The van der Waals surface area contributed by atoms with Crippen LogP contribution in [0.2, 0.25) is 5.02 Å². The highest BCUT2D eigenvalue weighted by Gasteiger charge is 2.16. The number of carbonyl (C=O) groups excluding carboxylic acids is 1. The first-order chi connectivity index (χ1) is 10.1. The molecule has 5 heteroatoms. The number of nitrogens with one attached hydrogen (secondary N) is 1. The molecule has 0 radical (unpaired) electrons. The summed E-state index contributed by atoms with van der Waals surface area (Å²) in [6.07, 6.45) is 4.92. The first kappa shape index (κ1) is 16.1. The Balaban J connectivity index is 1.63. The standard InChI is InChI=1S/C16H23ClN2O2/c1-19(16(20)12-18-14-6-2-3-7-14)9-10-21-15-8-4-5-13(17)11-15/h4-5,8,11,14,18H,2-3,6-7,9-10,12H2,1H3. The molecule has 1 N–H and O–H groups in total. The van der Waals surface area contributed by atoms with E-state index in [1.165, 1.54) is 25.7 Å². The van der Waals surface area contributed by atoms with Gasteiger partial charge in [-0.3, -0.25) is 4.79 Å². The van der Waals surface area contributed by atoms with Gasteiger partial charge in [-0.2, -0.15) is 0 Å². The zero-order chi connectivity index (χ0) is 15.1. The highest BCUT2D eigenvalue weighted by Crippen LogP contribution is 2.18. The zero-order valence-electron chi connectivity index (χ0n) is 12.5. The molecule has 0 heterocycles. The van der Waals surface area contributed by atoms with Crippen molar-refractivity contribution in [1.82, 2.24) is 10.2 Å². The summed E-state index contributed by atoms with van der Waals surface area (Å²) in [5.74, 6) is 0.837. The molecule has 0 bridgehead atoms. The number of benzene rings is 1. The molecule has 1 aromatic carbocycles. The Morgan fingerprint density at radius 1 is 1.43 bits per heavy atom. The number of hydrogen-bond acceptors (Lipinski definition) is 3. The third kappa shape index (κ3) is 5.56. The quantitative estimate of drug-likeness (QED) is 0.842. The van der Waals surface area contributed by atoms with E-state index < -0.39 is 0 Å². The molecular formula is C16H23ClN2O2. The van der Waals surface area contributed by atoms with Crippen molar-refractivity contribution in [1.29, 1.82) is 0 Å². The number of hydrogen-bond donors (Lipinski definition) is 1. The molecule has 2 rings (SSSR count). The molecular weight excluding hydrogens is 288 g/mol. The molecule has 1 amide bonds. The summed E-state index contributed by atoms with van der Waals surface area (Å²) >= 11 is 5.89. The minimum atomic E-state index is 0.108.